The summed E-state index contributed by atoms with van der Waals surface area (Å²) >= 11 is 6.27. The molecule has 0 spiro atoms. The lowest BCUT2D eigenvalue weighted by Crippen LogP contribution is -2.07. The minimum absolute atomic E-state index is 0. The summed E-state index contributed by atoms with van der Waals surface area (Å²) in [6.45, 7) is 20.0. The highest BCUT2D eigenvalue weighted by atomic mass is 32.1. The Morgan fingerprint density at radius 3 is 0.986 bits per heavy atom. The highest BCUT2D eigenvalue weighted by molar-refractivity contribution is 7.19. The average Bonchev–Trinajstić information content (AvgIpc) is 1.74. The summed E-state index contributed by atoms with van der Waals surface area (Å²) in [5.41, 5.74) is 17.6. The van der Waals surface area contributed by atoms with Gasteiger partial charge in [0.1, 0.15) is 46.3 Å². The van der Waals surface area contributed by atoms with Crippen molar-refractivity contribution in [3.63, 3.8) is 0 Å². The van der Waals surface area contributed by atoms with E-state index in [0.717, 1.165) is 201 Å². The first-order chi connectivity index (χ1) is 66.7. The minimum Gasteiger partial charge on any atom is -0.497 e. The molecule has 0 fully saturated rings. The van der Waals surface area contributed by atoms with Crippen molar-refractivity contribution in [2.45, 2.75) is 100 Å². The van der Waals surface area contributed by atoms with Crippen LogP contribution in [0.15, 0.2) is 268 Å². The van der Waals surface area contributed by atoms with Crippen LogP contribution in [0, 0.1) is 13.8 Å². The van der Waals surface area contributed by atoms with Gasteiger partial charge in [0, 0.05) is 117 Å². The molecule has 0 bridgehead atoms. The van der Waals surface area contributed by atoms with Crippen molar-refractivity contribution in [2.24, 2.45) is 0 Å². The average molecular weight is 1940 g/mol. The number of thiophene rings is 4. The Hall–Kier alpha value is -15.8. The lowest BCUT2D eigenvalue weighted by molar-refractivity contribution is -0.137. The number of methoxy groups -OCH3 is 2. The molecule has 8 N–H and O–H groups in total. The van der Waals surface area contributed by atoms with E-state index in [2.05, 4.69) is 139 Å². The topological polar surface area (TPSA) is 344 Å². The normalized spacial score (nSPS) is 10.6. The molecule has 0 amide bonds. The summed E-state index contributed by atoms with van der Waals surface area (Å²) in [6.07, 6.45) is 8.03. The van der Waals surface area contributed by atoms with Gasteiger partial charge in [-0.1, -0.05) is 118 Å². The highest BCUT2D eigenvalue weighted by Gasteiger charge is 2.23. The number of aromatic carboxylic acids is 2. The second-order valence-corrected chi connectivity index (χ2v) is 36.0. The van der Waals surface area contributed by atoms with E-state index in [4.69, 9.17) is 74.1 Å². The van der Waals surface area contributed by atoms with Gasteiger partial charge in [0.2, 0.25) is 0 Å². The van der Waals surface area contributed by atoms with Gasteiger partial charge in [-0.05, 0) is 269 Å². The number of carboxylic acids is 4. The number of allylic oxidation sites excluding steroid dienone is 2. The Balaban J connectivity index is 0.000000166. The van der Waals surface area contributed by atoms with Gasteiger partial charge in [0.25, 0.3) is 0 Å². The molecule has 0 atom stereocenters. The van der Waals surface area contributed by atoms with Gasteiger partial charge in [-0.2, -0.15) is 0 Å². The summed E-state index contributed by atoms with van der Waals surface area (Å²) in [5, 5.41) is 51.3. The van der Waals surface area contributed by atoms with E-state index in [1.54, 1.807) is 97.6 Å². The zero-order valence-corrected chi connectivity index (χ0v) is 81.7. The molecule has 8 aromatic heterocycles. The predicted octanol–water partition coefficient (Wildman–Crippen LogP) is 26.5. The number of hydrogen-bond acceptors (Lipinski definition) is 26. The Kier molecular flexibility index (Phi) is 35.7. The minimum atomic E-state index is -0.955. The van der Waals surface area contributed by atoms with Crippen molar-refractivity contribution < 1.29 is 58.6 Å². The van der Waals surface area contributed by atoms with Crippen LogP contribution in [-0.2, 0) is 61.0 Å². The Labute approximate surface area is 825 Å². The number of carboxylic acid groups (broad SMARTS) is 4. The van der Waals surface area contributed by atoms with Crippen molar-refractivity contribution >= 4 is 127 Å². The van der Waals surface area contributed by atoms with Crippen LogP contribution in [0.3, 0.4) is 0 Å². The first-order valence-corrected chi connectivity index (χ1v) is 47.7. The molecule has 8 aromatic carbocycles. The molecule has 0 unspecified atom stereocenters. The van der Waals surface area contributed by atoms with E-state index in [1.807, 2.05) is 169 Å². The Morgan fingerprint density at radius 1 is 0.345 bits per heavy atom. The maximum absolute atomic E-state index is 11.2. The third-order valence-corrected chi connectivity index (χ3v) is 25.9. The van der Waals surface area contributed by atoms with Gasteiger partial charge >= 0.3 is 23.9 Å². The van der Waals surface area contributed by atoms with Crippen LogP contribution in [0.25, 0.3) is 63.7 Å². The second-order valence-electron chi connectivity index (χ2n) is 31.8. The zero-order chi connectivity index (χ0) is 98.1. The summed E-state index contributed by atoms with van der Waals surface area (Å²) in [5.74, 6) is 4.86. The fourth-order valence-corrected chi connectivity index (χ4v) is 18.0. The number of aliphatic carboxylic acids is 2. The van der Waals surface area contributed by atoms with E-state index >= 15 is 0 Å². The van der Waals surface area contributed by atoms with Gasteiger partial charge in [-0.25, -0.2) is 49.5 Å². The number of aromatic nitrogens is 8. The summed E-state index contributed by atoms with van der Waals surface area (Å²) in [7, 11) is 11.4. The van der Waals surface area contributed by atoms with Crippen LogP contribution in [0.4, 0.5) is 57.4 Å². The monoisotopic (exact) mass is 1930 g/mol. The molecule has 139 heavy (non-hydrogen) atoms. The molecule has 16 rings (SSSR count). The number of hydrogen-bond donors (Lipinski definition) is 8. The first kappa shape index (κ1) is 102. The Morgan fingerprint density at radius 2 is 0.647 bits per heavy atom. The largest absolute Gasteiger partial charge is 0.497 e. The molecule has 0 radical (unpaired) electrons. The number of aryl methyl sites for hydroxylation is 4. The van der Waals surface area contributed by atoms with Crippen LogP contribution >= 0.6 is 45.3 Å². The van der Waals surface area contributed by atoms with Crippen molar-refractivity contribution in [3.05, 3.63) is 335 Å². The molecule has 8 heterocycles. The third-order valence-electron chi connectivity index (χ3n) is 21.8. The van der Waals surface area contributed by atoms with E-state index in [0.29, 0.717) is 47.8 Å². The fraction of sp³-hybridized carbons (Fsp3) is 0.193. The third kappa shape index (κ3) is 27.3. The van der Waals surface area contributed by atoms with E-state index in [1.165, 1.54) is 22.7 Å². The number of nitrogens with one attached hydrogen (secondary N) is 4. The SMILES string of the molecule is C.C=CCc1c(C)nc(-c2ccc(-c3ccc(N(C)C)cc3)s2)nc1Nc1ccc(C(=O)O)cc1.C=CCc1c(CC)nc(-c2ccc(-c3ccc(N(C)C)cc3)s2)nc1Nc1ccc(C(=O)O)cc1.CCc1c(C)nc(-c2ccc(Oc3ccc(OC)cc3)s2)nc1Nc1ccc(CC(=O)O)cc1.CCc1nc(-c2ccc(Oc3ccc(OC)cc3)s2)nc(Nc2ccc(CC(=O)O)cc2)c1CC. The molecule has 26 nitrogen and oxygen atoms in total. The lowest BCUT2D eigenvalue weighted by Gasteiger charge is -2.15. The van der Waals surface area contributed by atoms with Gasteiger partial charge < -0.3 is 70.4 Å². The van der Waals surface area contributed by atoms with Crippen molar-refractivity contribution in [1.29, 1.82) is 0 Å². The van der Waals surface area contributed by atoms with Gasteiger partial charge in [0.05, 0.1) is 57.7 Å². The number of nitrogens with zero attached hydrogens (tertiary/aromatic N) is 10. The fourth-order valence-electron chi connectivity index (χ4n) is 14.5. The van der Waals surface area contributed by atoms with Crippen LogP contribution in [0.1, 0.15) is 112 Å². The van der Waals surface area contributed by atoms with Crippen LogP contribution in [0.2, 0.25) is 0 Å². The van der Waals surface area contributed by atoms with Gasteiger partial charge in [0.15, 0.2) is 33.4 Å². The van der Waals surface area contributed by atoms with Crippen molar-refractivity contribution in [1.82, 2.24) is 39.9 Å². The molecule has 0 aliphatic heterocycles. The number of rotatable bonds is 36. The number of benzene rings is 8. The van der Waals surface area contributed by atoms with Crippen LogP contribution < -0.4 is 50.0 Å². The maximum atomic E-state index is 11.2. The maximum Gasteiger partial charge on any atom is 0.335 e. The lowest BCUT2D eigenvalue weighted by atomic mass is 10.1. The number of ether oxygens (including phenoxy) is 4. The van der Waals surface area contributed by atoms with Crippen molar-refractivity contribution in [2.75, 3.05) is 73.5 Å². The van der Waals surface area contributed by atoms with Crippen molar-refractivity contribution in [3.8, 4) is 96.8 Å². The number of carbonyl (C=O) groups is 4. The number of anilines is 10. The smallest absolute Gasteiger partial charge is 0.335 e. The molecule has 0 saturated heterocycles. The molecular formula is C109H110N14O12S4. The molecule has 0 aliphatic carbocycles. The van der Waals surface area contributed by atoms with E-state index < -0.39 is 23.9 Å². The van der Waals surface area contributed by atoms with Crippen LogP contribution in [-0.4, -0.2) is 127 Å². The summed E-state index contributed by atoms with van der Waals surface area (Å²) < 4.78 is 22.4. The highest BCUT2D eigenvalue weighted by Crippen LogP contribution is 2.42. The second kappa shape index (κ2) is 48.6. The quantitative estimate of drug-likeness (QED) is 0.0169. The molecule has 0 aliphatic rings. The summed E-state index contributed by atoms with van der Waals surface area (Å²) in [4.78, 5) is 93.1. The first-order valence-electron chi connectivity index (χ1n) is 44.4. The zero-order valence-electron chi connectivity index (χ0n) is 78.5. The van der Waals surface area contributed by atoms with Crippen LogP contribution in [0.5, 0.6) is 33.1 Å². The van der Waals surface area contributed by atoms with E-state index in [-0.39, 0.29) is 31.4 Å². The molecule has 0 saturated carbocycles. The standard InChI is InChI=1S/C28H28N4O2S.C27H26N4O2S.C27H27N3O4S.C26H25N3O4S.CH4/c1-5-7-22-23(6-2)30-27(31-26(22)29-20-12-8-19(9-13-20)28(33)34)25-17-16-24(35-25)18-10-14-21(15-11-18)32(3)4;1-5-6-22-17(2)28-26(30-25(22)29-20-11-7-19(8-12-20)27(32)33)24-16-15-23(34-24)18-9-13-21(14-10-18)31(3)4;1-4-21-22(5-2)29-27(30-26(21)28-18-8-6-17(7-9-18)16-24(31)32)23-14-15-25(35-23)34-20-12-10-19(33-3)11-13-20;1-4-21-16(2)27-26(29-25(21)28-18-7-5-17(6-8-18)15-23(30)31)22-13-14-24(34-22)33-20-11-9-19(32-3)10-12-20;/h5,8-17H,1,6-7H2,2-4H3,(H,33,34)(H,29,30,31);5,7-16H,1,6H2,2-4H3,(H,32,33)(H,28,29,30);6-15H,4-5,16H2,1-3H3,(H,31,32)(H,28,29,30);5-14H,4,15H2,1-3H3,(H,30,31)(H,27,28,29);1H4. The molecule has 16 aromatic rings. The van der Waals surface area contributed by atoms with Gasteiger partial charge in [-0.3, -0.25) is 9.59 Å². The van der Waals surface area contributed by atoms with Gasteiger partial charge in [-0.15, -0.1) is 35.8 Å². The predicted molar refractivity (Wildman–Crippen MR) is 564 cm³/mol. The Bertz CT molecular complexity index is 6910. The summed E-state index contributed by atoms with van der Waals surface area (Å²) in [6, 6.07) is 75.8. The molecular weight excluding hydrogens is 1830 g/mol. The van der Waals surface area contributed by atoms with E-state index in [9.17, 15) is 24.3 Å². The molecule has 712 valence electrons. The molecule has 30 heteroatoms.